The van der Waals surface area contributed by atoms with Crippen LogP contribution in [0.4, 0.5) is 5.69 Å². The molecule has 0 aliphatic heterocycles. The van der Waals surface area contributed by atoms with Crippen molar-refractivity contribution in [2.75, 3.05) is 5.32 Å². The van der Waals surface area contributed by atoms with Gasteiger partial charge in [0.2, 0.25) is 11.8 Å². The maximum atomic E-state index is 11.7. The lowest BCUT2D eigenvalue weighted by Crippen LogP contribution is -2.17. The van der Waals surface area contributed by atoms with Crippen LogP contribution in [0.25, 0.3) is 0 Å². The Morgan fingerprint density at radius 2 is 1.71 bits per heavy atom. The topological polar surface area (TPSA) is 95.5 Å². The van der Waals surface area contributed by atoms with E-state index >= 15 is 0 Å². The minimum Gasteiger partial charge on any atom is -0.326 e. The van der Waals surface area contributed by atoms with Crippen LogP contribution in [-0.4, -0.2) is 23.3 Å². The minimum absolute atomic E-state index is 0.0915. The molecule has 114 valence electrons. The van der Waals surface area contributed by atoms with Gasteiger partial charge in [0.05, 0.1) is 0 Å². The molecular formula is C15H20N2O4. The Bertz CT molecular complexity index is 488. The lowest BCUT2D eigenvalue weighted by Gasteiger charge is -2.05. The largest absolute Gasteiger partial charge is 0.326 e. The minimum atomic E-state index is -0.386. The number of nitrogens with one attached hydrogen (secondary N) is 2. The fourth-order valence-corrected chi connectivity index (χ4v) is 1.89. The van der Waals surface area contributed by atoms with Gasteiger partial charge in [0.15, 0.2) is 0 Å². The summed E-state index contributed by atoms with van der Waals surface area (Å²) in [5.74, 6) is -0.478. The van der Waals surface area contributed by atoms with Crippen molar-refractivity contribution >= 4 is 23.8 Å². The third kappa shape index (κ3) is 7.22. The number of aldehydes is 1. The average Bonchev–Trinajstić information content (AvgIpc) is 2.50. The highest BCUT2D eigenvalue weighted by Crippen LogP contribution is 2.11. The van der Waals surface area contributed by atoms with Crippen molar-refractivity contribution in [3.8, 4) is 0 Å². The molecule has 0 bridgehead atoms. The molecule has 2 amide bonds. The summed E-state index contributed by atoms with van der Waals surface area (Å²) in [7, 11) is 0. The van der Waals surface area contributed by atoms with Crippen LogP contribution in [0.5, 0.6) is 0 Å². The Balaban J connectivity index is 2.16. The van der Waals surface area contributed by atoms with Gasteiger partial charge in [0.25, 0.3) is 0 Å². The molecule has 1 aromatic carbocycles. The molecule has 0 spiro atoms. The summed E-state index contributed by atoms with van der Waals surface area (Å²) in [6.07, 6.45) is 4.54. The number of anilines is 1. The Morgan fingerprint density at radius 3 is 2.33 bits per heavy atom. The zero-order valence-corrected chi connectivity index (χ0v) is 11.8. The van der Waals surface area contributed by atoms with Crippen LogP contribution >= 0.6 is 0 Å². The summed E-state index contributed by atoms with van der Waals surface area (Å²) in [6.45, 7) is 0. The first-order chi connectivity index (χ1) is 10.2. The third-order valence-corrected chi connectivity index (χ3v) is 2.99. The Labute approximate surface area is 123 Å². The van der Waals surface area contributed by atoms with E-state index in [1.807, 2.05) is 0 Å². The van der Waals surface area contributed by atoms with E-state index in [9.17, 15) is 14.4 Å². The molecule has 0 saturated carbocycles. The molecule has 0 radical (unpaired) electrons. The van der Waals surface area contributed by atoms with E-state index in [1.165, 1.54) is 0 Å². The molecule has 0 unspecified atom stereocenters. The second kappa shape index (κ2) is 9.66. The van der Waals surface area contributed by atoms with Gasteiger partial charge >= 0.3 is 0 Å². The monoisotopic (exact) mass is 292 g/mol. The van der Waals surface area contributed by atoms with Crippen molar-refractivity contribution < 1.29 is 19.6 Å². The highest BCUT2D eigenvalue weighted by Gasteiger charge is 2.03. The molecule has 0 fully saturated rings. The van der Waals surface area contributed by atoms with Crippen LogP contribution in [0.3, 0.4) is 0 Å². The van der Waals surface area contributed by atoms with E-state index in [0.717, 1.165) is 25.5 Å². The molecule has 1 rings (SSSR count). The van der Waals surface area contributed by atoms with Crippen molar-refractivity contribution in [2.45, 2.75) is 38.5 Å². The summed E-state index contributed by atoms with van der Waals surface area (Å²) >= 11 is 0. The number of unbranched alkanes of at least 4 members (excludes halogenated alkanes) is 3. The van der Waals surface area contributed by atoms with Crippen LogP contribution in [0, 0.1) is 0 Å². The normalized spacial score (nSPS) is 9.95. The van der Waals surface area contributed by atoms with Gasteiger partial charge in [-0.1, -0.05) is 25.0 Å². The summed E-state index contributed by atoms with van der Waals surface area (Å²) < 4.78 is 0. The molecule has 0 saturated heterocycles. The average molecular weight is 292 g/mol. The predicted molar refractivity (Wildman–Crippen MR) is 78.1 cm³/mol. The van der Waals surface area contributed by atoms with E-state index in [4.69, 9.17) is 5.21 Å². The smallest absolute Gasteiger partial charge is 0.243 e. The van der Waals surface area contributed by atoms with Gasteiger partial charge in [0, 0.05) is 24.1 Å². The quantitative estimate of drug-likeness (QED) is 0.281. The molecule has 0 aromatic heterocycles. The molecular weight excluding hydrogens is 272 g/mol. The number of hydroxylamine groups is 1. The van der Waals surface area contributed by atoms with E-state index in [-0.39, 0.29) is 11.8 Å². The maximum absolute atomic E-state index is 11.7. The summed E-state index contributed by atoms with van der Waals surface area (Å²) in [4.78, 5) is 33.1. The van der Waals surface area contributed by atoms with Gasteiger partial charge in [-0.3, -0.25) is 19.6 Å². The first-order valence-electron chi connectivity index (χ1n) is 6.93. The summed E-state index contributed by atoms with van der Waals surface area (Å²) in [5, 5.41) is 11.1. The number of hydrogen-bond donors (Lipinski definition) is 3. The predicted octanol–water partition coefficient (Wildman–Crippen LogP) is 2.28. The van der Waals surface area contributed by atoms with Crippen molar-refractivity contribution in [1.29, 1.82) is 0 Å². The standard InChI is InChI=1S/C15H20N2O4/c18-11-12-6-5-7-13(10-12)16-14(19)8-3-1-2-4-9-15(20)17-21/h5-7,10-11,21H,1-4,8-9H2,(H,16,19)(H,17,20). The first-order valence-corrected chi connectivity index (χ1v) is 6.93. The summed E-state index contributed by atoms with van der Waals surface area (Å²) in [5.41, 5.74) is 2.72. The van der Waals surface area contributed by atoms with E-state index in [0.29, 0.717) is 30.5 Å². The third-order valence-electron chi connectivity index (χ3n) is 2.99. The molecule has 3 N–H and O–H groups in total. The van der Waals surface area contributed by atoms with E-state index in [1.54, 1.807) is 29.7 Å². The van der Waals surface area contributed by atoms with Crippen LogP contribution in [0.2, 0.25) is 0 Å². The van der Waals surface area contributed by atoms with E-state index < -0.39 is 0 Å². The van der Waals surface area contributed by atoms with Crippen LogP contribution in [0.15, 0.2) is 24.3 Å². The number of carbonyl (C=O) groups excluding carboxylic acids is 3. The first kappa shape index (κ1) is 16.8. The Morgan fingerprint density at radius 1 is 1.05 bits per heavy atom. The van der Waals surface area contributed by atoms with Gasteiger partial charge in [-0.05, 0) is 25.0 Å². The lowest BCUT2D eigenvalue weighted by molar-refractivity contribution is -0.129. The van der Waals surface area contributed by atoms with Gasteiger partial charge in [-0.2, -0.15) is 0 Å². The fraction of sp³-hybridized carbons (Fsp3) is 0.400. The van der Waals surface area contributed by atoms with Crippen molar-refractivity contribution in [3.63, 3.8) is 0 Å². The SMILES string of the molecule is O=Cc1cccc(NC(=O)CCCCCCC(=O)NO)c1. The van der Waals surface area contributed by atoms with Gasteiger partial charge < -0.3 is 5.32 Å². The Kier molecular flexibility index (Phi) is 7.74. The van der Waals surface area contributed by atoms with Gasteiger partial charge in [-0.15, -0.1) is 0 Å². The molecule has 0 aliphatic carbocycles. The lowest BCUT2D eigenvalue weighted by atomic mass is 10.1. The van der Waals surface area contributed by atoms with Crippen LogP contribution in [0.1, 0.15) is 48.9 Å². The molecule has 21 heavy (non-hydrogen) atoms. The maximum Gasteiger partial charge on any atom is 0.243 e. The van der Waals surface area contributed by atoms with E-state index in [2.05, 4.69) is 5.32 Å². The second-order valence-corrected chi connectivity index (χ2v) is 4.74. The Hall–Kier alpha value is -2.21. The van der Waals surface area contributed by atoms with Crippen molar-refractivity contribution in [1.82, 2.24) is 5.48 Å². The number of hydrogen-bond acceptors (Lipinski definition) is 4. The second-order valence-electron chi connectivity index (χ2n) is 4.74. The zero-order chi connectivity index (χ0) is 15.5. The summed E-state index contributed by atoms with van der Waals surface area (Å²) in [6, 6.07) is 6.74. The molecule has 1 aromatic rings. The highest BCUT2D eigenvalue weighted by atomic mass is 16.5. The molecule has 0 atom stereocenters. The zero-order valence-electron chi connectivity index (χ0n) is 11.8. The number of benzene rings is 1. The van der Waals surface area contributed by atoms with Crippen molar-refractivity contribution in [3.05, 3.63) is 29.8 Å². The van der Waals surface area contributed by atoms with Crippen LogP contribution < -0.4 is 10.8 Å². The number of carbonyl (C=O) groups is 3. The molecule has 0 heterocycles. The van der Waals surface area contributed by atoms with Crippen molar-refractivity contribution in [2.24, 2.45) is 0 Å². The molecule has 0 aliphatic rings. The number of rotatable bonds is 9. The fourth-order valence-electron chi connectivity index (χ4n) is 1.89. The van der Waals surface area contributed by atoms with Crippen LogP contribution in [-0.2, 0) is 9.59 Å². The van der Waals surface area contributed by atoms with Gasteiger partial charge in [-0.25, -0.2) is 5.48 Å². The highest BCUT2D eigenvalue weighted by molar-refractivity contribution is 5.91. The number of amides is 2. The molecule has 6 heteroatoms. The van der Waals surface area contributed by atoms with Gasteiger partial charge in [0.1, 0.15) is 6.29 Å². The molecule has 6 nitrogen and oxygen atoms in total.